The van der Waals surface area contributed by atoms with Crippen molar-refractivity contribution in [3.63, 3.8) is 0 Å². The minimum atomic E-state index is 0.532. The summed E-state index contributed by atoms with van der Waals surface area (Å²) in [6, 6.07) is 28.0. The first-order valence-corrected chi connectivity index (χ1v) is 10.7. The lowest BCUT2D eigenvalue weighted by Crippen LogP contribution is -2.05. The molecule has 0 unspecified atom stereocenters. The number of benzene rings is 3. The lowest BCUT2D eigenvalue weighted by atomic mass is 10.1. The number of ether oxygens (including phenoxy) is 1. The van der Waals surface area contributed by atoms with E-state index in [0.29, 0.717) is 17.4 Å². The third-order valence-corrected chi connectivity index (χ3v) is 5.53. The molecule has 4 nitrogen and oxygen atoms in total. The highest BCUT2D eigenvalue weighted by Gasteiger charge is 2.15. The van der Waals surface area contributed by atoms with E-state index in [0.717, 1.165) is 28.8 Å². The summed E-state index contributed by atoms with van der Waals surface area (Å²) in [5, 5.41) is 10.4. The van der Waals surface area contributed by atoms with Crippen LogP contribution in [0.25, 0.3) is 5.69 Å². The minimum absolute atomic E-state index is 0.532. The molecule has 0 atom stereocenters. The predicted molar refractivity (Wildman–Crippen MR) is 118 cm³/mol. The number of para-hydroxylation sites is 2. The van der Waals surface area contributed by atoms with E-state index in [1.165, 1.54) is 5.56 Å². The minimum Gasteiger partial charge on any atom is -0.491 e. The van der Waals surface area contributed by atoms with Gasteiger partial charge in [-0.25, -0.2) is 0 Å². The van der Waals surface area contributed by atoms with Crippen LogP contribution in [0.5, 0.6) is 5.75 Å². The van der Waals surface area contributed by atoms with Gasteiger partial charge in [0.05, 0.1) is 11.6 Å². The van der Waals surface area contributed by atoms with Gasteiger partial charge < -0.3 is 4.74 Å². The zero-order valence-electron chi connectivity index (χ0n) is 15.7. The summed E-state index contributed by atoms with van der Waals surface area (Å²) < 4.78 is 7.91. The highest BCUT2D eigenvalue weighted by atomic mass is 35.5. The van der Waals surface area contributed by atoms with Crippen LogP contribution in [0.2, 0.25) is 5.02 Å². The van der Waals surface area contributed by atoms with Crippen molar-refractivity contribution in [2.45, 2.75) is 11.6 Å². The first-order chi connectivity index (χ1) is 14.3. The maximum absolute atomic E-state index is 6.15. The van der Waals surface area contributed by atoms with Crippen LogP contribution in [-0.4, -0.2) is 27.1 Å². The van der Waals surface area contributed by atoms with Crippen molar-refractivity contribution < 1.29 is 4.74 Å². The molecule has 4 aromatic rings. The topological polar surface area (TPSA) is 39.9 Å². The summed E-state index contributed by atoms with van der Waals surface area (Å²) in [6.45, 7) is 0.532. The third kappa shape index (κ3) is 5.00. The normalized spacial score (nSPS) is 10.8. The average Bonchev–Trinajstić information content (AvgIpc) is 3.16. The van der Waals surface area contributed by atoms with Gasteiger partial charge in [-0.1, -0.05) is 84.0 Å². The van der Waals surface area contributed by atoms with Crippen LogP contribution in [0.3, 0.4) is 0 Å². The molecule has 0 aliphatic rings. The number of rotatable bonds is 8. The number of hydrogen-bond donors (Lipinski definition) is 0. The van der Waals surface area contributed by atoms with Crippen LogP contribution in [0.4, 0.5) is 0 Å². The van der Waals surface area contributed by atoms with E-state index in [2.05, 4.69) is 39.0 Å². The quantitative estimate of drug-likeness (QED) is 0.271. The number of aromatic nitrogens is 3. The van der Waals surface area contributed by atoms with Gasteiger partial charge >= 0.3 is 0 Å². The molecule has 6 heteroatoms. The molecule has 146 valence electrons. The Morgan fingerprint density at radius 1 is 0.828 bits per heavy atom. The second-order valence-corrected chi connectivity index (χ2v) is 7.83. The Hall–Kier alpha value is -2.76. The van der Waals surface area contributed by atoms with Gasteiger partial charge in [0, 0.05) is 17.9 Å². The first kappa shape index (κ1) is 19.6. The second kappa shape index (κ2) is 9.63. The average molecular weight is 422 g/mol. The highest BCUT2D eigenvalue weighted by Crippen LogP contribution is 2.25. The lowest BCUT2D eigenvalue weighted by molar-refractivity contribution is 0.344. The van der Waals surface area contributed by atoms with Crippen LogP contribution in [0, 0.1) is 0 Å². The summed E-state index contributed by atoms with van der Waals surface area (Å²) in [6.07, 6.45) is 0.722. The van der Waals surface area contributed by atoms with E-state index >= 15 is 0 Å². The maximum Gasteiger partial charge on any atom is 0.195 e. The standard InChI is InChI=1S/C23H20ClN3OS/c24-20-13-7-8-14-21(20)28-15-16-29-23-26-25-22(17-18-9-3-1-4-10-18)27(23)19-11-5-2-6-12-19/h1-14H,15-17H2. The molecule has 3 aromatic carbocycles. The van der Waals surface area contributed by atoms with Gasteiger partial charge in [0.2, 0.25) is 0 Å². The number of thioether (sulfide) groups is 1. The van der Waals surface area contributed by atoms with E-state index in [1.54, 1.807) is 11.8 Å². The monoisotopic (exact) mass is 421 g/mol. The molecule has 0 saturated heterocycles. The molecule has 0 fully saturated rings. The fourth-order valence-electron chi connectivity index (χ4n) is 2.97. The van der Waals surface area contributed by atoms with Crippen molar-refractivity contribution in [3.8, 4) is 11.4 Å². The van der Waals surface area contributed by atoms with Crippen molar-refractivity contribution in [2.24, 2.45) is 0 Å². The van der Waals surface area contributed by atoms with Crippen molar-refractivity contribution in [1.29, 1.82) is 0 Å². The molecule has 4 rings (SSSR count). The van der Waals surface area contributed by atoms with E-state index in [4.69, 9.17) is 16.3 Å². The molecule has 0 bridgehead atoms. The van der Waals surface area contributed by atoms with Gasteiger partial charge in [-0.2, -0.15) is 0 Å². The summed E-state index contributed by atoms with van der Waals surface area (Å²) in [4.78, 5) is 0. The SMILES string of the molecule is Clc1ccccc1OCCSc1nnc(Cc2ccccc2)n1-c1ccccc1. The molecular formula is C23H20ClN3OS. The van der Waals surface area contributed by atoms with Crippen LogP contribution >= 0.6 is 23.4 Å². The molecule has 1 heterocycles. The molecular weight excluding hydrogens is 402 g/mol. The molecule has 0 aliphatic carbocycles. The van der Waals surface area contributed by atoms with E-state index < -0.39 is 0 Å². The predicted octanol–water partition coefficient (Wildman–Crippen LogP) is 5.68. The Morgan fingerprint density at radius 2 is 1.52 bits per heavy atom. The largest absolute Gasteiger partial charge is 0.491 e. The Morgan fingerprint density at radius 3 is 2.28 bits per heavy atom. The summed E-state index contributed by atoms with van der Waals surface area (Å²) in [5.74, 6) is 2.35. The van der Waals surface area contributed by atoms with Gasteiger partial charge in [0.25, 0.3) is 0 Å². The van der Waals surface area contributed by atoms with E-state index in [9.17, 15) is 0 Å². The molecule has 0 radical (unpaired) electrons. The van der Waals surface area contributed by atoms with Gasteiger partial charge in [-0.3, -0.25) is 4.57 Å². The fourth-order valence-corrected chi connectivity index (χ4v) is 3.95. The van der Waals surface area contributed by atoms with Gasteiger partial charge in [-0.15, -0.1) is 10.2 Å². The van der Waals surface area contributed by atoms with Gasteiger partial charge in [-0.05, 0) is 29.8 Å². The molecule has 0 N–H and O–H groups in total. The Bertz CT molecular complexity index is 1050. The highest BCUT2D eigenvalue weighted by molar-refractivity contribution is 7.99. The lowest BCUT2D eigenvalue weighted by Gasteiger charge is -2.11. The zero-order chi connectivity index (χ0) is 19.9. The third-order valence-electron chi connectivity index (χ3n) is 4.33. The van der Waals surface area contributed by atoms with Crippen molar-refractivity contribution >= 4 is 23.4 Å². The number of hydrogen-bond acceptors (Lipinski definition) is 4. The Labute approximate surface area is 179 Å². The van der Waals surface area contributed by atoms with Crippen LogP contribution in [0.15, 0.2) is 90.1 Å². The first-order valence-electron chi connectivity index (χ1n) is 9.35. The fraction of sp³-hybridized carbons (Fsp3) is 0.130. The molecule has 0 spiro atoms. The second-order valence-electron chi connectivity index (χ2n) is 6.36. The Kier molecular flexibility index (Phi) is 6.49. The maximum atomic E-state index is 6.15. The molecule has 29 heavy (non-hydrogen) atoms. The molecule has 0 saturated carbocycles. The van der Waals surface area contributed by atoms with Crippen LogP contribution in [-0.2, 0) is 6.42 Å². The zero-order valence-corrected chi connectivity index (χ0v) is 17.3. The van der Waals surface area contributed by atoms with Crippen LogP contribution < -0.4 is 4.74 Å². The number of halogens is 1. The number of nitrogens with zero attached hydrogens (tertiary/aromatic N) is 3. The van der Waals surface area contributed by atoms with E-state index in [1.807, 2.05) is 60.7 Å². The van der Waals surface area contributed by atoms with E-state index in [-0.39, 0.29) is 0 Å². The van der Waals surface area contributed by atoms with Crippen molar-refractivity contribution in [2.75, 3.05) is 12.4 Å². The smallest absolute Gasteiger partial charge is 0.195 e. The molecule has 0 amide bonds. The van der Waals surface area contributed by atoms with Crippen molar-refractivity contribution in [3.05, 3.63) is 101 Å². The summed E-state index contributed by atoms with van der Waals surface area (Å²) in [7, 11) is 0. The molecule has 1 aromatic heterocycles. The Balaban J connectivity index is 1.50. The van der Waals surface area contributed by atoms with Gasteiger partial charge in [0.15, 0.2) is 5.16 Å². The molecule has 0 aliphatic heterocycles. The summed E-state index contributed by atoms with van der Waals surface area (Å²) in [5.41, 5.74) is 2.26. The summed E-state index contributed by atoms with van der Waals surface area (Å²) >= 11 is 7.77. The van der Waals surface area contributed by atoms with Crippen LogP contribution in [0.1, 0.15) is 11.4 Å². The van der Waals surface area contributed by atoms with Crippen molar-refractivity contribution in [1.82, 2.24) is 14.8 Å². The van der Waals surface area contributed by atoms with Gasteiger partial charge in [0.1, 0.15) is 11.6 Å².